The summed E-state index contributed by atoms with van der Waals surface area (Å²) in [5.41, 5.74) is 1.24. The monoisotopic (exact) mass is 296 g/mol. The van der Waals surface area contributed by atoms with E-state index in [0.717, 1.165) is 11.8 Å². The zero-order valence-corrected chi connectivity index (χ0v) is 11.8. The standard InChI is InChI=1S/C13H14ClFN4O/c1-7(2)11-6-12(19-18-11)17-13(20)16-10-4-3-8(15)5-9(10)14/h3-7H,1-2H3,(H3,16,17,18,19,20). The quantitative estimate of drug-likeness (QED) is 0.802. The number of nitrogens with zero attached hydrogens (tertiary/aromatic N) is 1. The largest absolute Gasteiger partial charge is 0.324 e. The highest BCUT2D eigenvalue weighted by Crippen LogP contribution is 2.22. The second-order valence-electron chi connectivity index (χ2n) is 4.57. The van der Waals surface area contributed by atoms with Crippen LogP contribution in [0.25, 0.3) is 0 Å². The minimum atomic E-state index is -0.500. The molecule has 5 nitrogen and oxygen atoms in total. The maximum atomic E-state index is 12.9. The lowest BCUT2D eigenvalue weighted by Crippen LogP contribution is -2.19. The summed E-state index contributed by atoms with van der Waals surface area (Å²) in [6.07, 6.45) is 0. The third-order valence-corrected chi connectivity index (χ3v) is 2.95. The minimum absolute atomic E-state index is 0.130. The van der Waals surface area contributed by atoms with E-state index in [1.807, 2.05) is 13.8 Å². The maximum absolute atomic E-state index is 12.9. The topological polar surface area (TPSA) is 69.8 Å². The molecule has 0 bridgehead atoms. The first-order valence-corrected chi connectivity index (χ1v) is 6.42. The van der Waals surface area contributed by atoms with E-state index < -0.39 is 11.8 Å². The number of aromatic nitrogens is 2. The van der Waals surface area contributed by atoms with E-state index in [2.05, 4.69) is 20.8 Å². The van der Waals surface area contributed by atoms with Gasteiger partial charge in [-0.15, -0.1) is 0 Å². The van der Waals surface area contributed by atoms with Crippen LogP contribution in [0.3, 0.4) is 0 Å². The van der Waals surface area contributed by atoms with E-state index in [-0.39, 0.29) is 10.9 Å². The number of anilines is 2. The van der Waals surface area contributed by atoms with Gasteiger partial charge in [0, 0.05) is 11.8 Å². The number of aromatic amines is 1. The van der Waals surface area contributed by atoms with Crippen LogP contribution in [0, 0.1) is 5.82 Å². The Morgan fingerprint density at radius 1 is 1.35 bits per heavy atom. The van der Waals surface area contributed by atoms with Crippen molar-refractivity contribution < 1.29 is 9.18 Å². The van der Waals surface area contributed by atoms with Gasteiger partial charge in [0.2, 0.25) is 0 Å². The summed E-state index contributed by atoms with van der Waals surface area (Å²) in [7, 11) is 0. The molecule has 7 heteroatoms. The maximum Gasteiger partial charge on any atom is 0.324 e. The van der Waals surface area contributed by atoms with Crippen molar-refractivity contribution in [3.8, 4) is 0 Å². The Kier molecular flexibility index (Phi) is 4.24. The molecule has 0 aliphatic rings. The number of carbonyl (C=O) groups excluding carboxylic acids is 1. The number of carbonyl (C=O) groups is 1. The van der Waals surface area contributed by atoms with Gasteiger partial charge >= 0.3 is 6.03 Å². The van der Waals surface area contributed by atoms with Crippen LogP contribution in [0.5, 0.6) is 0 Å². The fourth-order valence-electron chi connectivity index (χ4n) is 1.56. The molecule has 0 atom stereocenters. The fourth-order valence-corrected chi connectivity index (χ4v) is 1.77. The van der Waals surface area contributed by atoms with E-state index >= 15 is 0 Å². The minimum Gasteiger partial charge on any atom is -0.306 e. The summed E-state index contributed by atoms with van der Waals surface area (Å²) in [6, 6.07) is 4.98. The normalized spacial score (nSPS) is 10.7. The molecule has 0 radical (unpaired) electrons. The lowest BCUT2D eigenvalue weighted by Gasteiger charge is -2.07. The SMILES string of the molecule is CC(C)c1cc(NC(=O)Nc2ccc(F)cc2Cl)n[nH]1. The molecule has 1 aromatic carbocycles. The van der Waals surface area contributed by atoms with Crippen molar-refractivity contribution in [2.75, 3.05) is 10.6 Å². The summed E-state index contributed by atoms with van der Waals surface area (Å²) in [5.74, 6) is 0.229. The van der Waals surface area contributed by atoms with Crippen molar-refractivity contribution in [2.24, 2.45) is 0 Å². The highest BCUT2D eigenvalue weighted by molar-refractivity contribution is 6.33. The van der Waals surface area contributed by atoms with Gasteiger partial charge in [0.05, 0.1) is 10.7 Å². The number of rotatable bonds is 3. The van der Waals surface area contributed by atoms with Crippen LogP contribution < -0.4 is 10.6 Å². The number of urea groups is 1. The first-order chi connectivity index (χ1) is 9.45. The molecule has 2 aromatic rings. The summed E-state index contributed by atoms with van der Waals surface area (Å²) in [6.45, 7) is 4.02. The van der Waals surface area contributed by atoms with Crippen LogP contribution in [0.1, 0.15) is 25.5 Å². The molecule has 0 aliphatic carbocycles. The van der Waals surface area contributed by atoms with Crippen LogP contribution in [-0.2, 0) is 0 Å². The second kappa shape index (κ2) is 5.92. The molecular formula is C13H14ClFN4O. The predicted octanol–water partition coefficient (Wildman–Crippen LogP) is 3.97. The molecule has 2 amide bonds. The van der Waals surface area contributed by atoms with Crippen LogP contribution in [-0.4, -0.2) is 16.2 Å². The first-order valence-electron chi connectivity index (χ1n) is 6.04. The number of benzene rings is 1. The van der Waals surface area contributed by atoms with E-state index in [4.69, 9.17) is 11.6 Å². The van der Waals surface area contributed by atoms with Crippen molar-refractivity contribution in [1.82, 2.24) is 10.2 Å². The van der Waals surface area contributed by atoms with Gasteiger partial charge < -0.3 is 5.32 Å². The Labute approximate surface area is 120 Å². The van der Waals surface area contributed by atoms with E-state index in [1.54, 1.807) is 6.07 Å². The molecule has 0 unspecified atom stereocenters. The van der Waals surface area contributed by atoms with Gasteiger partial charge in [-0.3, -0.25) is 10.4 Å². The Morgan fingerprint density at radius 2 is 2.10 bits per heavy atom. The van der Waals surface area contributed by atoms with Crippen molar-refractivity contribution in [3.63, 3.8) is 0 Å². The van der Waals surface area contributed by atoms with E-state index in [9.17, 15) is 9.18 Å². The van der Waals surface area contributed by atoms with Gasteiger partial charge in [0.15, 0.2) is 5.82 Å². The highest BCUT2D eigenvalue weighted by Gasteiger charge is 2.10. The van der Waals surface area contributed by atoms with Crippen LogP contribution >= 0.6 is 11.6 Å². The molecule has 0 aliphatic heterocycles. The van der Waals surface area contributed by atoms with E-state index in [0.29, 0.717) is 11.5 Å². The molecule has 0 saturated carbocycles. The molecule has 3 N–H and O–H groups in total. The van der Waals surface area contributed by atoms with Gasteiger partial charge in [0.1, 0.15) is 5.82 Å². The third-order valence-electron chi connectivity index (χ3n) is 2.64. The van der Waals surface area contributed by atoms with Crippen molar-refractivity contribution in [1.29, 1.82) is 0 Å². The first kappa shape index (κ1) is 14.3. The van der Waals surface area contributed by atoms with Gasteiger partial charge in [0.25, 0.3) is 0 Å². The predicted molar refractivity (Wildman–Crippen MR) is 76.7 cm³/mol. The summed E-state index contributed by atoms with van der Waals surface area (Å²) >= 11 is 5.82. The van der Waals surface area contributed by atoms with Crippen molar-refractivity contribution in [2.45, 2.75) is 19.8 Å². The van der Waals surface area contributed by atoms with E-state index in [1.165, 1.54) is 12.1 Å². The Morgan fingerprint density at radius 3 is 2.70 bits per heavy atom. The molecule has 2 rings (SSSR count). The molecule has 1 heterocycles. The van der Waals surface area contributed by atoms with Crippen LogP contribution in [0.4, 0.5) is 20.7 Å². The Hall–Kier alpha value is -2.08. The number of halogens is 2. The molecule has 106 valence electrons. The van der Waals surface area contributed by atoms with Gasteiger partial charge in [-0.2, -0.15) is 5.10 Å². The van der Waals surface area contributed by atoms with Crippen LogP contribution in [0.2, 0.25) is 5.02 Å². The average Bonchev–Trinajstić information content (AvgIpc) is 2.81. The smallest absolute Gasteiger partial charge is 0.306 e. The van der Waals surface area contributed by atoms with Crippen molar-refractivity contribution in [3.05, 3.63) is 40.8 Å². The van der Waals surface area contributed by atoms with Crippen LogP contribution in [0.15, 0.2) is 24.3 Å². The Balaban J connectivity index is 2.01. The number of hydrogen-bond acceptors (Lipinski definition) is 2. The zero-order chi connectivity index (χ0) is 14.7. The molecule has 0 fully saturated rings. The fraction of sp³-hybridized carbons (Fsp3) is 0.231. The summed E-state index contributed by atoms with van der Waals surface area (Å²) in [5, 5.41) is 12.0. The number of nitrogens with one attached hydrogen (secondary N) is 3. The van der Waals surface area contributed by atoms with Gasteiger partial charge in [-0.25, -0.2) is 9.18 Å². The Bertz CT molecular complexity index is 627. The van der Waals surface area contributed by atoms with Gasteiger partial charge in [-0.05, 0) is 24.1 Å². The summed E-state index contributed by atoms with van der Waals surface area (Å²) in [4.78, 5) is 11.8. The molecule has 0 spiro atoms. The number of H-pyrrole nitrogens is 1. The summed E-state index contributed by atoms with van der Waals surface area (Å²) < 4.78 is 12.9. The number of hydrogen-bond donors (Lipinski definition) is 3. The lowest BCUT2D eigenvalue weighted by atomic mass is 10.1. The zero-order valence-electron chi connectivity index (χ0n) is 11.0. The average molecular weight is 297 g/mol. The lowest BCUT2D eigenvalue weighted by molar-refractivity contribution is 0.262. The highest BCUT2D eigenvalue weighted by atomic mass is 35.5. The third kappa shape index (κ3) is 3.48. The molecule has 0 saturated heterocycles. The molecule has 20 heavy (non-hydrogen) atoms. The molecule has 1 aromatic heterocycles. The second-order valence-corrected chi connectivity index (χ2v) is 4.97. The van der Waals surface area contributed by atoms with Crippen molar-refractivity contribution >= 4 is 29.1 Å². The molecular weight excluding hydrogens is 283 g/mol. The van der Waals surface area contributed by atoms with Gasteiger partial charge in [-0.1, -0.05) is 25.4 Å². The number of amides is 2.